The Labute approximate surface area is 175 Å². The predicted octanol–water partition coefficient (Wildman–Crippen LogP) is 3.92. The molecule has 0 saturated carbocycles. The molecule has 1 fully saturated rings. The summed E-state index contributed by atoms with van der Waals surface area (Å²) in [6.07, 6.45) is 7.89. The van der Waals surface area contributed by atoms with Crippen molar-refractivity contribution in [2.24, 2.45) is 5.92 Å². The average molecular weight is 405 g/mol. The van der Waals surface area contributed by atoms with E-state index < -0.39 is 0 Å². The number of piperidine rings is 1. The van der Waals surface area contributed by atoms with Gasteiger partial charge in [0, 0.05) is 41.3 Å². The molecule has 0 radical (unpaired) electrons. The minimum Gasteiger partial charge on any atom is -0.472 e. The van der Waals surface area contributed by atoms with Crippen molar-refractivity contribution in [1.29, 1.82) is 0 Å². The number of fused-ring (bicyclic) bond motifs is 3. The van der Waals surface area contributed by atoms with Crippen LogP contribution in [0.5, 0.6) is 0 Å². The number of hydrogen-bond acceptors (Lipinski definition) is 3. The highest BCUT2D eigenvalue weighted by Gasteiger charge is 2.26. The van der Waals surface area contributed by atoms with Crippen LogP contribution < -0.4 is 5.32 Å². The second-order valence-electron chi connectivity index (χ2n) is 8.74. The number of carbonyl (C=O) groups is 2. The van der Waals surface area contributed by atoms with Crippen LogP contribution in [0.1, 0.15) is 58.2 Å². The molecule has 2 N–H and O–H groups in total. The largest absolute Gasteiger partial charge is 0.472 e. The van der Waals surface area contributed by atoms with Crippen molar-refractivity contribution in [3.8, 4) is 0 Å². The van der Waals surface area contributed by atoms with Crippen molar-refractivity contribution in [3.05, 3.63) is 59.2 Å². The second-order valence-corrected chi connectivity index (χ2v) is 8.74. The van der Waals surface area contributed by atoms with Crippen LogP contribution in [0, 0.1) is 5.92 Å². The van der Waals surface area contributed by atoms with E-state index in [2.05, 4.69) is 17.2 Å². The number of hydrogen-bond donors (Lipinski definition) is 2. The molecule has 6 nitrogen and oxygen atoms in total. The third-order valence-corrected chi connectivity index (χ3v) is 6.58. The first-order valence-corrected chi connectivity index (χ1v) is 10.8. The number of nitrogens with zero attached hydrogens (tertiary/aromatic N) is 1. The van der Waals surface area contributed by atoms with Gasteiger partial charge in [0.1, 0.15) is 6.26 Å². The van der Waals surface area contributed by atoms with E-state index in [1.54, 1.807) is 6.07 Å². The zero-order valence-electron chi connectivity index (χ0n) is 17.2. The van der Waals surface area contributed by atoms with Gasteiger partial charge in [-0.1, -0.05) is 6.92 Å². The van der Waals surface area contributed by atoms with Crippen molar-refractivity contribution in [2.45, 2.75) is 45.1 Å². The van der Waals surface area contributed by atoms with Gasteiger partial charge < -0.3 is 19.6 Å². The number of benzene rings is 1. The van der Waals surface area contributed by atoms with E-state index in [1.807, 2.05) is 23.1 Å². The zero-order valence-corrected chi connectivity index (χ0v) is 17.2. The molecule has 1 aliphatic carbocycles. The lowest BCUT2D eigenvalue weighted by Gasteiger charge is -2.32. The molecular formula is C24H27N3O3. The summed E-state index contributed by atoms with van der Waals surface area (Å²) >= 11 is 0. The van der Waals surface area contributed by atoms with Crippen molar-refractivity contribution in [2.75, 3.05) is 13.1 Å². The molecule has 2 aliphatic rings. The van der Waals surface area contributed by atoms with Crippen LogP contribution in [-0.4, -0.2) is 40.8 Å². The molecule has 0 bridgehead atoms. The van der Waals surface area contributed by atoms with Crippen LogP contribution >= 0.6 is 0 Å². The summed E-state index contributed by atoms with van der Waals surface area (Å²) in [6, 6.07) is 7.74. The monoisotopic (exact) mass is 405 g/mol. The third-order valence-electron chi connectivity index (χ3n) is 6.58. The van der Waals surface area contributed by atoms with Gasteiger partial charge in [0.2, 0.25) is 0 Å². The number of aryl methyl sites for hydroxylation is 1. The lowest BCUT2D eigenvalue weighted by Crippen LogP contribution is -2.46. The lowest BCUT2D eigenvalue weighted by molar-refractivity contribution is 0.0697. The minimum atomic E-state index is -0.0321. The van der Waals surface area contributed by atoms with E-state index in [9.17, 15) is 9.59 Å². The number of aromatic nitrogens is 1. The van der Waals surface area contributed by atoms with Crippen molar-refractivity contribution < 1.29 is 14.0 Å². The fourth-order valence-electron chi connectivity index (χ4n) is 4.80. The normalized spacial score (nSPS) is 19.6. The van der Waals surface area contributed by atoms with Crippen LogP contribution in [0.25, 0.3) is 10.9 Å². The number of H-pyrrole nitrogens is 1. The molecule has 30 heavy (non-hydrogen) atoms. The summed E-state index contributed by atoms with van der Waals surface area (Å²) in [6.45, 7) is 3.57. The molecule has 156 valence electrons. The lowest BCUT2D eigenvalue weighted by atomic mass is 9.87. The highest BCUT2D eigenvalue weighted by atomic mass is 16.3. The third kappa shape index (κ3) is 3.51. The van der Waals surface area contributed by atoms with Crippen LogP contribution in [-0.2, 0) is 12.8 Å². The Kier molecular flexibility index (Phi) is 4.85. The fourth-order valence-corrected chi connectivity index (χ4v) is 4.80. The van der Waals surface area contributed by atoms with E-state index >= 15 is 0 Å². The number of amides is 2. The standard InChI is InChI=1S/C24H27N3O3/c1-15-2-4-21-19(12-15)20-13-16(3-5-22(20)26-21)23(28)25-18-6-9-27(10-7-18)24(29)17-8-11-30-14-17/h3,5,8,11,13-15,18,26H,2,4,6-7,9-10,12H2,1H3,(H,25,28). The molecule has 3 heterocycles. The maximum absolute atomic E-state index is 12.9. The van der Waals surface area contributed by atoms with Crippen LogP contribution in [0.4, 0.5) is 0 Å². The average Bonchev–Trinajstić information content (AvgIpc) is 3.41. The van der Waals surface area contributed by atoms with E-state index in [-0.39, 0.29) is 17.9 Å². The molecule has 2 amide bonds. The van der Waals surface area contributed by atoms with Crippen LogP contribution in [0.15, 0.2) is 41.2 Å². The molecule has 2 aromatic heterocycles. The molecule has 1 atom stereocenters. The van der Waals surface area contributed by atoms with E-state index in [0.717, 1.165) is 31.2 Å². The molecule has 1 aromatic carbocycles. The van der Waals surface area contributed by atoms with E-state index in [1.165, 1.54) is 35.6 Å². The number of nitrogens with one attached hydrogen (secondary N) is 2. The molecule has 0 spiro atoms. The predicted molar refractivity (Wildman–Crippen MR) is 115 cm³/mol. The Balaban J connectivity index is 1.24. The van der Waals surface area contributed by atoms with Gasteiger partial charge in [-0.25, -0.2) is 0 Å². The number of carbonyl (C=O) groups excluding carboxylic acids is 2. The number of aromatic amines is 1. The Morgan fingerprint density at radius 2 is 1.97 bits per heavy atom. The van der Waals surface area contributed by atoms with E-state index in [0.29, 0.717) is 30.1 Å². The molecule has 1 saturated heterocycles. The van der Waals surface area contributed by atoms with Gasteiger partial charge in [0.15, 0.2) is 0 Å². The fraction of sp³-hybridized carbons (Fsp3) is 0.417. The van der Waals surface area contributed by atoms with Crippen LogP contribution in [0.3, 0.4) is 0 Å². The van der Waals surface area contributed by atoms with Crippen molar-refractivity contribution >= 4 is 22.7 Å². The number of likely N-dealkylation sites (tertiary alicyclic amines) is 1. The van der Waals surface area contributed by atoms with Gasteiger partial charge in [-0.05, 0) is 67.9 Å². The van der Waals surface area contributed by atoms with Gasteiger partial charge in [0.05, 0.1) is 11.8 Å². The summed E-state index contributed by atoms with van der Waals surface area (Å²) in [5, 5.41) is 4.35. The highest BCUT2D eigenvalue weighted by molar-refractivity contribution is 5.99. The summed E-state index contributed by atoms with van der Waals surface area (Å²) in [5.41, 5.74) is 5.12. The van der Waals surface area contributed by atoms with Gasteiger partial charge >= 0.3 is 0 Å². The summed E-state index contributed by atoms with van der Waals surface area (Å²) in [5.74, 6) is 0.643. The first-order chi connectivity index (χ1) is 14.6. The molecule has 1 unspecified atom stereocenters. The Bertz CT molecular complexity index is 1070. The molecule has 1 aliphatic heterocycles. The Morgan fingerprint density at radius 1 is 1.13 bits per heavy atom. The van der Waals surface area contributed by atoms with Crippen LogP contribution in [0.2, 0.25) is 0 Å². The first-order valence-electron chi connectivity index (χ1n) is 10.8. The molecule has 5 rings (SSSR count). The van der Waals surface area contributed by atoms with Crippen molar-refractivity contribution in [3.63, 3.8) is 0 Å². The smallest absolute Gasteiger partial charge is 0.257 e. The van der Waals surface area contributed by atoms with Gasteiger partial charge in [-0.2, -0.15) is 0 Å². The zero-order chi connectivity index (χ0) is 20.7. The SMILES string of the molecule is CC1CCc2[nH]c3ccc(C(=O)NC4CCN(C(=O)c5ccoc5)CC4)cc3c2C1. The quantitative estimate of drug-likeness (QED) is 0.693. The molecule has 6 heteroatoms. The number of furan rings is 1. The molecule has 3 aromatic rings. The Morgan fingerprint density at radius 3 is 2.73 bits per heavy atom. The van der Waals surface area contributed by atoms with E-state index in [4.69, 9.17) is 4.42 Å². The van der Waals surface area contributed by atoms with Gasteiger partial charge in [-0.15, -0.1) is 0 Å². The Hall–Kier alpha value is -3.02. The second kappa shape index (κ2) is 7.67. The topological polar surface area (TPSA) is 78.3 Å². The highest BCUT2D eigenvalue weighted by Crippen LogP contribution is 2.32. The summed E-state index contributed by atoms with van der Waals surface area (Å²) in [4.78, 5) is 30.7. The number of rotatable bonds is 3. The summed E-state index contributed by atoms with van der Waals surface area (Å²) in [7, 11) is 0. The first kappa shape index (κ1) is 19.0. The van der Waals surface area contributed by atoms with Crippen molar-refractivity contribution in [1.82, 2.24) is 15.2 Å². The summed E-state index contributed by atoms with van der Waals surface area (Å²) < 4.78 is 5.01. The van der Waals surface area contributed by atoms with Gasteiger partial charge in [0.25, 0.3) is 11.8 Å². The maximum atomic E-state index is 12.9. The minimum absolute atomic E-state index is 0.00885. The molecular weight excluding hydrogens is 378 g/mol. The van der Waals surface area contributed by atoms with Gasteiger partial charge in [-0.3, -0.25) is 9.59 Å². The maximum Gasteiger partial charge on any atom is 0.257 e.